The summed E-state index contributed by atoms with van der Waals surface area (Å²) in [6.45, 7) is 8.41. The monoisotopic (exact) mass is 423 g/mol. The van der Waals surface area contributed by atoms with Gasteiger partial charge in [-0.25, -0.2) is 0 Å². The van der Waals surface area contributed by atoms with Gasteiger partial charge in [-0.1, -0.05) is 24.3 Å². The van der Waals surface area contributed by atoms with E-state index in [1.54, 1.807) is 6.08 Å². The number of carbonyl (C=O) groups excluding carboxylic acids is 1. The smallest absolute Gasteiger partial charge is 0.294 e. The third-order valence-electron chi connectivity index (χ3n) is 4.31. The highest BCUT2D eigenvalue weighted by Crippen LogP contribution is 2.18. The summed E-state index contributed by atoms with van der Waals surface area (Å²) in [4.78, 5) is 26.1. The number of nitrogens with zero attached hydrogens (tertiary/aromatic N) is 1. The van der Waals surface area contributed by atoms with Crippen LogP contribution in [0.5, 0.6) is 5.75 Å². The molecule has 1 rings (SSSR count). The quantitative estimate of drug-likeness (QED) is 0.161. The zero-order valence-corrected chi connectivity index (χ0v) is 17.8. The number of aliphatic hydroxyl groups excluding tert-OH is 1. The molecule has 0 aliphatic heterocycles. The lowest BCUT2D eigenvalue weighted by Gasteiger charge is -2.28. The number of para-hydroxylation sites is 1. The Morgan fingerprint density at radius 3 is 2.80 bits per heavy atom. The van der Waals surface area contributed by atoms with Gasteiger partial charge in [-0.3, -0.25) is 4.79 Å². The lowest BCUT2D eigenvalue weighted by Crippen LogP contribution is -2.51. The first-order chi connectivity index (χ1) is 14.2. The molecule has 1 aromatic carbocycles. The summed E-state index contributed by atoms with van der Waals surface area (Å²) in [7, 11) is 0. The highest BCUT2D eigenvalue weighted by atomic mass is 16.9. The van der Waals surface area contributed by atoms with Crippen LogP contribution in [0.2, 0.25) is 0 Å². The Balaban J connectivity index is 2.26. The minimum Gasteiger partial charge on any atom is -0.491 e. The Hall–Kier alpha value is -2.65. The molecule has 0 heterocycles. The standard InChI is InChI=1S/C21H33N3O6/c1-4-9-17-10-5-6-11-19(17)29-15-18(25)14-23-21(2,3)16-22-20(26)12-7-8-13-30-24(27)28/h4-6,10-11,18,23,25H,1,7-9,12-16H2,2-3H3,(H,22,26). The maximum absolute atomic E-state index is 11.9. The van der Waals surface area contributed by atoms with Gasteiger partial charge in [0.15, 0.2) is 0 Å². The van der Waals surface area contributed by atoms with Crippen molar-refractivity contribution < 1.29 is 24.6 Å². The summed E-state index contributed by atoms with van der Waals surface area (Å²) in [5.41, 5.74) is 0.590. The van der Waals surface area contributed by atoms with Crippen LogP contribution in [0.15, 0.2) is 36.9 Å². The molecule has 9 nitrogen and oxygen atoms in total. The molecule has 0 radical (unpaired) electrons. The van der Waals surface area contributed by atoms with Gasteiger partial charge in [-0.2, -0.15) is 0 Å². The molecule has 3 N–H and O–H groups in total. The summed E-state index contributed by atoms with van der Waals surface area (Å²) in [5, 5.41) is 25.5. The van der Waals surface area contributed by atoms with Gasteiger partial charge in [-0.15, -0.1) is 16.7 Å². The van der Waals surface area contributed by atoms with Crippen LogP contribution in [0.4, 0.5) is 0 Å². The number of benzene rings is 1. The number of nitrogens with one attached hydrogen (secondary N) is 2. The van der Waals surface area contributed by atoms with Crippen molar-refractivity contribution in [1.29, 1.82) is 0 Å². The zero-order chi connectivity index (χ0) is 22.4. The van der Waals surface area contributed by atoms with Gasteiger partial charge in [0.25, 0.3) is 5.09 Å². The van der Waals surface area contributed by atoms with Gasteiger partial charge in [0.05, 0.1) is 6.61 Å². The van der Waals surface area contributed by atoms with Crippen LogP contribution < -0.4 is 15.4 Å². The highest BCUT2D eigenvalue weighted by Gasteiger charge is 2.20. The Morgan fingerprint density at radius 1 is 1.37 bits per heavy atom. The van der Waals surface area contributed by atoms with E-state index in [1.807, 2.05) is 38.1 Å². The Bertz CT molecular complexity index is 680. The molecule has 1 unspecified atom stereocenters. The summed E-state index contributed by atoms with van der Waals surface area (Å²) in [6, 6.07) is 7.64. The molecule has 0 spiro atoms. The summed E-state index contributed by atoms with van der Waals surface area (Å²) >= 11 is 0. The second kappa shape index (κ2) is 13.6. The number of allylic oxidation sites excluding steroid dienone is 1. The fourth-order valence-electron chi connectivity index (χ4n) is 2.60. The van der Waals surface area contributed by atoms with E-state index in [0.717, 1.165) is 11.3 Å². The fraction of sp³-hybridized carbons (Fsp3) is 0.571. The normalized spacial score (nSPS) is 12.1. The number of amides is 1. The van der Waals surface area contributed by atoms with Crippen molar-refractivity contribution in [2.45, 2.75) is 51.2 Å². The number of unbranched alkanes of at least 4 members (excludes halogenated alkanes) is 1. The number of ether oxygens (including phenoxy) is 1. The van der Waals surface area contributed by atoms with Gasteiger partial charge in [0, 0.05) is 25.0 Å². The number of hydrogen-bond acceptors (Lipinski definition) is 7. The Labute approximate surface area is 177 Å². The molecule has 1 atom stereocenters. The topological polar surface area (TPSA) is 123 Å². The molecule has 0 bridgehead atoms. The molecule has 0 aliphatic carbocycles. The molecule has 1 aromatic rings. The highest BCUT2D eigenvalue weighted by molar-refractivity contribution is 5.75. The third kappa shape index (κ3) is 11.4. The molecular weight excluding hydrogens is 390 g/mol. The maximum Gasteiger partial charge on any atom is 0.294 e. The second-order valence-corrected chi connectivity index (χ2v) is 7.62. The largest absolute Gasteiger partial charge is 0.491 e. The number of carbonyl (C=O) groups is 1. The van der Waals surface area contributed by atoms with Gasteiger partial charge in [0.2, 0.25) is 5.91 Å². The molecule has 0 saturated carbocycles. The number of rotatable bonds is 16. The van der Waals surface area contributed by atoms with Crippen LogP contribution in [0.25, 0.3) is 0 Å². The summed E-state index contributed by atoms with van der Waals surface area (Å²) in [6.07, 6.45) is 3.02. The number of β-amino-alcohol motifs (C(OH)–C–C–N with tert-alkyl or cyclic N) is 1. The maximum atomic E-state index is 11.9. The first-order valence-electron chi connectivity index (χ1n) is 10.0. The van der Waals surface area contributed by atoms with Gasteiger partial charge in [0.1, 0.15) is 18.5 Å². The first-order valence-corrected chi connectivity index (χ1v) is 10.0. The van der Waals surface area contributed by atoms with Crippen LogP contribution in [-0.4, -0.2) is 54.0 Å². The van der Waals surface area contributed by atoms with E-state index in [0.29, 0.717) is 32.4 Å². The Morgan fingerprint density at radius 2 is 2.10 bits per heavy atom. The average molecular weight is 424 g/mol. The van der Waals surface area contributed by atoms with Crippen molar-refractivity contribution in [3.8, 4) is 5.75 Å². The van der Waals surface area contributed by atoms with Crippen molar-refractivity contribution in [3.63, 3.8) is 0 Å². The van der Waals surface area contributed by atoms with E-state index >= 15 is 0 Å². The molecule has 0 aliphatic rings. The number of aliphatic hydroxyl groups is 1. The lowest BCUT2D eigenvalue weighted by atomic mass is 10.1. The Kier molecular flexibility index (Phi) is 11.5. The molecule has 0 aromatic heterocycles. The molecule has 0 saturated heterocycles. The predicted molar refractivity (Wildman–Crippen MR) is 114 cm³/mol. The minimum atomic E-state index is -0.840. The van der Waals surface area contributed by atoms with Crippen molar-refractivity contribution in [1.82, 2.24) is 10.6 Å². The van der Waals surface area contributed by atoms with E-state index < -0.39 is 16.7 Å². The van der Waals surface area contributed by atoms with Gasteiger partial charge >= 0.3 is 0 Å². The molecule has 9 heteroatoms. The lowest BCUT2D eigenvalue weighted by molar-refractivity contribution is -0.757. The first kappa shape index (κ1) is 25.4. The molecule has 1 amide bonds. The molecule has 168 valence electrons. The van der Waals surface area contributed by atoms with Gasteiger partial charge < -0.3 is 25.3 Å². The summed E-state index contributed by atoms with van der Waals surface area (Å²) < 4.78 is 5.73. The predicted octanol–water partition coefficient (Wildman–Crippen LogP) is 2.02. The number of hydrogen-bond donors (Lipinski definition) is 3. The van der Waals surface area contributed by atoms with E-state index in [4.69, 9.17) is 4.74 Å². The van der Waals surface area contributed by atoms with Crippen molar-refractivity contribution in [2.24, 2.45) is 0 Å². The molecular formula is C21H33N3O6. The van der Waals surface area contributed by atoms with Crippen molar-refractivity contribution in [3.05, 3.63) is 52.6 Å². The van der Waals surface area contributed by atoms with Crippen LogP contribution in [0.1, 0.15) is 38.7 Å². The van der Waals surface area contributed by atoms with Crippen LogP contribution in [-0.2, 0) is 16.1 Å². The minimum absolute atomic E-state index is 0.00858. The summed E-state index contributed by atoms with van der Waals surface area (Å²) in [5.74, 6) is 0.597. The van der Waals surface area contributed by atoms with Crippen molar-refractivity contribution >= 4 is 5.91 Å². The second-order valence-electron chi connectivity index (χ2n) is 7.62. The van der Waals surface area contributed by atoms with Crippen LogP contribution in [0.3, 0.4) is 0 Å². The molecule has 0 fully saturated rings. The SMILES string of the molecule is C=CCc1ccccc1OCC(O)CNC(C)(C)CNC(=O)CCCCO[N+](=O)[O-]. The van der Waals surface area contributed by atoms with Crippen LogP contribution >= 0.6 is 0 Å². The molecule has 30 heavy (non-hydrogen) atoms. The van der Waals surface area contributed by atoms with Gasteiger partial charge in [-0.05, 0) is 44.7 Å². The fourth-order valence-corrected chi connectivity index (χ4v) is 2.60. The van der Waals surface area contributed by atoms with E-state index in [1.165, 1.54) is 0 Å². The van der Waals surface area contributed by atoms with Crippen molar-refractivity contribution in [2.75, 3.05) is 26.3 Å². The average Bonchev–Trinajstić information content (AvgIpc) is 2.70. The van der Waals surface area contributed by atoms with E-state index in [2.05, 4.69) is 22.1 Å². The van der Waals surface area contributed by atoms with E-state index in [9.17, 15) is 20.0 Å². The van der Waals surface area contributed by atoms with E-state index in [-0.39, 0.29) is 25.5 Å². The third-order valence-corrected chi connectivity index (χ3v) is 4.31. The zero-order valence-electron chi connectivity index (χ0n) is 17.8. The van der Waals surface area contributed by atoms with Crippen LogP contribution in [0, 0.1) is 10.1 Å².